The summed E-state index contributed by atoms with van der Waals surface area (Å²) in [5.41, 5.74) is 0.448. The van der Waals surface area contributed by atoms with E-state index in [1.54, 1.807) is 13.8 Å². The van der Waals surface area contributed by atoms with Crippen LogP contribution < -0.4 is 0 Å². The quantitative estimate of drug-likeness (QED) is 0.801. The molecule has 0 saturated carbocycles. The first kappa shape index (κ1) is 15.2. The highest BCUT2D eigenvalue weighted by molar-refractivity contribution is 7.13. The molecule has 0 aliphatic heterocycles. The fraction of sp³-hybridized carbons (Fsp3) is 0.600. The van der Waals surface area contributed by atoms with Crippen molar-refractivity contribution in [1.82, 2.24) is 9.88 Å². The number of rotatable bonds is 4. The van der Waals surface area contributed by atoms with Crippen molar-refractivity contribution in [3.8, 4) is 0 Å². The molecule has 0 aromatic carbocycles. The number of aryl methyl sites for hydroxylation is 2. The minimum absolute atomic E-state index is 0.0430. The Morgan fingerprint density at radius 2 is 2.06 bits per heavy atom. The Morgan fingerprint density at radius 3 is 2.44 bits per heavy atom. The molecular weight excluding hydrogens is 289 g/mol. The molecule has 3 nitrogen and oxygen atoms in total. The number of halogens is 4. The zero-order valence-corrected chi connectivity index (χ0v) is 11.4. The normalized spacial score (nSPS) is 11.7. The number of thiazole rings is 1. The van der Waals surface area contributed by atoms with Gasteiger partial charge in [0.05, 0.1) is 10.7 Å². The van der Waals surface area contributed by atoms with E-state index in [0.717, 1.165) is 11.3 Å². The molecule has 0 aliphatic carbocycles. The van der Waals surface area contributed by atoms with Crippen LogP contribution in [0.5, 0.6) is 0 Å². The summed E-state index contributed by atoms with van der Waals surface area (Å²) in [5.74, 6) is -0.713. The maximum atomic E-state index is 12.4. The lowest BCUT2D eigenvalue weighted by molar-refractivity contribution is -0.140. The number of carbonyl (C=O) groups is 1. The number of carbonyl (C=O) groups excluding carboxylic acids is 1. The van der Waals surface area contributed by atoms with Crippen molar-refractivity contribution < 1.29 is 18.0 Å². The highest BCUT2D eigenvalue weighted by Crippen LogP contribution is 2.22. The number of aromatic nitrogens is 1. The molecule has 0 aliphatic rings. The van der Waals surface area contributed by atoms with Gasteiger partial charge in [-0.15, -0.1) is 22.9 Å². The first-order chi connectivity index (χ1) is 8.24. The zero-order valence-electron chi connectivity index (χ0n) is 9.84. The van der Waals surface area contributed by atoms with Crippen LogP contribution in [0.25, 0.3) is 0 Å². The standard InChI is InChI=1S/C10H12ClF3N2OS/c1-6-8(18-7(2)15-6)9(17)16(4-3-11)5-10(12,13)14/h3-5H2,1-2H3. The Balaban J connectivity index is 2.92. The Bertz CT molecular complexity index is 433. The predicted molar refractivity (Wildman–Crippen MR) is 64.3 cm³/mol. The first-order valence-electron chi connectivity index (χ1n) is 5.10. The lowest BCUT2D eigenvalue weighted by Crippen LogP contribution is -2.40. The lowest BCUT2D eigenvalue weighted by atomic mass is 10.3. The highest BCUT2D eigenvalue weighted by Gasteiger charge is 2.34. The van der Waals surface area contributed by atoms with Crippen molar-refractivity contribution in [3.05, 3.63) is 15.6 Å². The molecule has 0 fully saturated rings. The van der Waals surface area contributed by atoms with Gasteiger partial charge in [-0.3, -0.25) is 4.79 Å². The summed E-state index contributed by atoms with van der Waals surface area (Å²) >= 11 is 6.52. The van der Waals surface area contributed by atoms with E-state index in [-0.39, 0.29) is 17.3 Å². The molecule has 1 aromatic heterocycles. The molecule has 0 bridgehead atoms. The Labute approximate surface area is 112 Å². The van der Waals surface area contributed by atoms with Gasteiger partial charge >= 0.3 is 6.18 Å². The van der Waals surface area contributed by atoms with Crippen LogP contribution in [0.2, 0.25) is 0 Å². The average Bonchev–Trinajstić information content (AvgIpc) is 2.54. The van der Waals surface area contributed by atoms with Gasteiger partial charge in [-0.2, -0.15) is 13.2 Å². The van der Waals surface area contributed by atoms with Crippen LogP contribution in [-0.2, 0) is 0 Å². The summed E-state index contributed by atoms with van der Waals surface area (Å²) in [6, 6.07) is 0. The third-order valence-electron chi connectivity index (χ3n) is 2.11. The fourth-order valence-electron chi connectivity index (χ4n) is 1.44. The topological polar surface area (TPSA) is 33.2 Å². The van der Waals surface area contributed by atoms with Crippen LogP contribution in [0.15, 0.2) is 0 Å². The van der Waals surface area contributed by atoms with E-state index < -0.39 is 18.6 Å². The smallest absolute Gasteiger partial charge is 0.328 e. The molecular formula is C10H12ClF3N2OS. The van der Waals surface area contributed by atoms with Crippen molar-refractivity contribution in [2.75, 3.05) is 19.0 Å². The van der Waals surface area contributed by atoms with E-state index in [4.69, 9.17) is 11.6 Å². The van der Waals surface area contributed by atoms with Gasteiger partial charge in [0.25, 0.3) is 5.91 Å². The van der Waals surface area contributed by atoms with Gasteiger partial charge in [0.2, 0.25) is 0 Å². The molecule has 0 radical (unpaired) electrons. The van der Waals surface area contributed by atoms with Gasteiger partial charge in [-0.05, 0) is 13.8 Å². The van der Waals surface area contributed by atoms with Crippen molar-refractivity contribution >= 4 is 28.8 Å². The molecule has 8 heteroatoms. The lowest BCUT2D eigenvalue weighted by Gasteiger charge is -2.22. The van der Waals surface area contributed by atoms with Gasteiger partial charge in [0, 0.05) is 12.4 Å². The van der Waals surface area contributed by atoms with Crippen LogP contribution in [0, 0.1) is 13.8 Å². The maximum Gasteiger partial charge on any atom is 0.406 e. The van der Waals surface area contributed by atoms with E-state index in [2.05, 4.69) is 4.98 Å². The van der Waals surface area contributed by atoms with E-state index in [1.807, 2.05) is 0 Å². The van der Waals surface area contributed by atoms with E-state index in [1.165, 1.54) is 0 Å². The second kappa shape index (κ2) is 5.88. The van der Waals surface area contributed by atoms with Gasteiger partial charge in [0.15, 0.2) is 0 Å². The first-order valence-corrected chi connectivity index (χ1v) is 6.45. The van der Waals surface area contributed by atoms with Crippen LogP contribution >= 0.6 is 22.9 Å². The third kappa shape index (κ3) is 4.13. The molecule has 0 N–H and O–H groups in total. The zero-order chi connectivity index (χ0) is 13.9. The van der Waals surface area contributed by atoms with Crippen LogP contribution in [0.3, 0.4) is 0 Å². The second-order valence-electron chi connectivity index (χ2n) is 3.68. The van der Waals surface area contributed by atoms with Crippen molar-refractivity contribution in [3.63, 3.8) is 0 Å². The minimum Gasteiger partial charge on any atom is -0.328 e. The summed E-state index contributed by atoms with van der Waals surface area (Å²) < 4.78 is 37.1. The van der Waals surface area contributed by atoms with E-state index >= 15 is 0 Å². The average molecular weight is 301 g/mol. The molecule has 0 unspecified atom stereocenters. The number of hydrogen-bond acceptors (Lipinski definition) is 3. The number of amides is 1. The van der Waals surface area contributed by atoms with Crippen molar-refractivity contribution in [2.45, 2.75) is 20.0 Å². The Hall–Kier alpha value is -0.820. The van der Waals surface area contributed by atoms with Crippen LogP contribution in [0.1, 0.15) is 20.4 Å². The molecule has 1 aromatic rings. The minimum atomic E-state index is -4.44. The van der Waals surface area contributed by atoms with Crippen molar-refractivity contribution in [2.24, 2.45) is 0 Å². The summed E-state index contributed by atoms with van der Waals surface area (Å²) in [5, 5.41) is 0.647. The Morgan fingerprint density at radius 1 is 1.44 bits per heavy atom. The van der Waals surface area contributed by atoms with Gasteiger partial charge in [0.1, 0.15) is 11.4 Å². The monoisotopic (exact) mass is 300 g/mol. The largest absolute Gasteiger partial charge is 0.406 e. The van der Waals surface area contributed by atoms with Crippen LogP contribution in [0.4, 0.5) is 13.2 Å². The predicted octanol–water partition coefficient (Wildman–Crippen LogP) is 3.00. The van der Waals surface area contributed by atoms with E-state index in [9.17, 15) is 18.0 Å². The molecule has 0 saturated heterocycles. The van der Waals surface area contributed by atoms with Gasteiger partial charge < -0.3 is 4.90 Å². The fourth-order valence-corrected chi connectivity index (χ4v) is 2.54. The molecule has 18 heavy (non-hydrogen) atoms. The molecule has 0 atom stereocenters. The molecule has 1 rings (SSSR count). The number of alkyl halides is 4. The molecule has 102 valence electrons. The van der Waals surface area contributed by atoms with Gasteiger partial charge in [-0.25, -0.2) is 4.98 Å². The highest BCUT2D eigenvalue weighted by atomic mass is 35.5. The molecule has 1 amide bonds. The number of nitrogens with zero attached hydrogens (tertiary/aromatic N) is 2. The summed E-state index contributed by atoms with van der Waals surface area (Å²) in [7, 11) is 0. The Kier molecular flexibility index (Phi) is 4.98. The third-order valence-corrected chi connectivity index (χ3v) is 3.34. The second-order valence-corrected chi connectivity index (χ2v) is 5.26. The molecule has 0 spiro atoms. The van der Waals surface area contributed by atoms with Crippen LogP contribution in [-0.4, -0.2) is 40.9 Å². The maximum absolute atomic E-state index is 12.4. The van der Waals surface area contributed by atoms with Gasteiger partial charge in [-0.1, -0.05) is 0 Å². The summed E-state index contributed by atoms with van der Waals surface area (Å²) in [6.45, 7) is 1.86. The number of hydrogen-bond donors (Lipinski definition) is 0. The molecule has 1 heterocycles. The summed E-state index contributed by atoms with van der Waals surface area (Å²) in [6.07, 6.45) is -4.44. The van der Waals surface area contributed by atoms with E-state index in [0.29, 0.717) is 15.6 Å². The van der Waals surface area contributed by atoms with Crippen molar-refractivity contribution in [1.29, 1.82) is 0 Å². The SMILES string of the molecule is Cc1nc(C)c(C(=O)N(CCCl)CC(F)(F)F)s1. The summed E-state index contributed by atoms with van der Waals surface area (Å²) in [4.78, 5) is 17.0.